The lowest BCUT2D eigenvalue weighted by atomic mass is 9.80. The molecule has 0 fully saturated rings. The molecular formula is C16H20BNO2. The minimum atomic E-state index is -1.39. The molecule has 0 saturated carbocycles. The van der Waals surface area contributed by atoms with Crippen LogP contribution >= 0.6 is 0 Å². The summed E-state index contributed by atoms with van der Waals surface area (Å²) in [5.74, 6) is 0. The van der Waals surface area contributed by atoms with E-state index in [1.807, 2.05) is 12.1 Å². The molecule has 2 N–H and O–H groups in total. The van der Waals surface area contributed by atoms with Crippen LogP contribution in [-0.4, -0.2) is 29.1 Å². The van der Waals surface area contributed by atoms with Gasteiger partial charge in [0.1, 0.15) is 0 Å². The molecule has 104 valence electrons. The summed E-state index contributed by atoms with van der Waals surface area (Å²) in [7, 11) is 0.686. The van der Waals surface area contributed by atoms with Crippen LogP contribution in [0.1, 0.15) is 16.7 Å². The molecule has 3 nitrogen and oxygen atoms in total. The van der Waals surface area contributed by atoms with Crippen molar-refractivity contribution in [2.45, 2.75) is 20.0 Å². The second-order valence-electron chi connectivity index (χ2n) is 5.28. The predicted octanol–water partition coefficient (Wildman–Crippen LogP) is 1.31. The summed E-state index contributed by atoms with van der Waals surface area (Å²) in [4.78, 5) is 2.24. The van der Waals surface area contributed by atoms with Crippen LogP contribution < -0.4 is 5.46 Å². The van der Waals surface area contributed by atoms with E-state index < -0.39 is 7.12 Å². The van der Waals surface area contributed by atoms with E-state index in [-0.39, 0.29) is 0 Å². The first-order valence-corrected chi connectivity index (χ1v) is 6.73. The Labute approximate surface area is 120 Å². The van der Waals surface area contributed by atoms with Crippen molar-refractivity contribution in [3.05, 3.63) is 65.2 Å². The topological polar surface area (TPSA) is 43.7 Å². The lowest BCUT2D eigenvalue weighted by molar-refractivity contribution is 0.319. The molecule has 0 aliphatic carbocycles. The van der Waals surface area contributed by atoms with Crippen LogP contribution in [-0.2, 0) is 13.1 Å². The third kappa shape index (κ3) is 4.20. The normalized spacial score (nSPS) is 10.8. The third-order valence-electron chi connectivity index (χ3n) is 3.27. The van der Waals surface area contributed by atoms with Crippen molar-refractivity contribution in [3.8, 4) is 0 Å². The van der Waals surface area contributed by atoms with E-state index in [1.54, 1.807) is 12.1 Å². The van der Waals surface area contributed by atoms with E-state index in [4.69, 9.17) is 10.0 Å². The van der Waals surface area contributed by atoms with Gasteiger partial charge in [-0.25, -0.2) is 0 Å². The minimum Gasteiger partial charge on any atom is -0.423 e. The minimum absolute atomic E-state index is 0.523. The molecule has 2 aromatic carbocycles. The Balaban J connectivity index is 1.95. The third-order valence-corrected chi connectivity index (χ3v) is 3.27. The molecule has 0 aromatic heterocycles. The van der Waals surface area contributed by atoms with Crippen molar-refractivity contribution in [1.29, 1.82) is 0 Å². The van der Waals surface area contributed by atoms with Gasteiger partial charge in [0, 0.05) is 13.1 Å². The van der Waals surface area contributed by atoms with Gasteiger partial charge in [0.25, 0.3) is 0 Å². The molecular weight excluding hydrogens is 249 g/mol. The zero-order valence-corrected chi connectivity index (χ0v) is 12.0. The highest BCUT2D eigenvalue weighted by Gasteiger charge is 2.10. The Hall–Kier alpha value is -1.62. The monoisotopic (exact) mass is 269 g/mol. The molecule has 0 unspecified atom stereocenters. The van der Waals surface area contributed by atoms with E-state index in [9.17, 15) is 0 Å². The maximum absolute atomic E-state index is 9.06. The summed E-state index contributed by atoms with van der Waals surface area (Å²) >= 11 is 0. The zero-order valence-electron chi connectivity index (χ0n) is 12.0. The number of hydrogen-bond acceptors (Lipinski definition) is 3. The van der Waals surface area contributed by atoms with Crippen LogP contribution in [0.3, 0.4) is 0 Å². The number of aryl methyl sites for hydroxylation is 1. The van der Waals surface area contributed by atoms with Gasteiger partial charge in [-0.05, 0) is 30.6 Å². The van der Waals surface area contributed by atoms with Gasteiger partial charge in [-0.3, -0.25) is 4.90 Å². The summed E-state index contributed by atoms with van der Waals surface area (Å²) in [6, 6.07) is 15.9. The van der Waals surface area contributed by atoms with Gasteiger partial charge in [0.05, 0.1) is 0 Å². The summed E-state index contributed by atoms with van der Waals surface area (Å²) in [6.45, 7) is 3.82. The van der Waals surface area contributed by atoms with E-state index >= 15 is 0 Å². The first-order valence-electron chi connectivity index (χ1n) is 6.73. The highest BCUT2D eigenvalue weighted by molar-refractivity contribution is 6.58. The van der Waals surface area contributed by atoms with Crippen molar-refractivity contribution < 1.29 is 10.0 Å². The molecule has 20 heavy (non-hydrogen) atoms. The van der Waals surface area contributed by atoms with Crippen LogP contribution in [0.5, 0.6) is 0 Å². The molecule has 0 saturated heterocycles. The molecule has 0 heterocycles. The molecule has 0 radical (unpaired) electrons. The van der Waals surface area contributed by atoms with Crippen LogP contribution in [0.2, 0.25) is 0 Å². The fourth-order valence-electron chi connectivity index (χ4n) is 2.28. The fraction of sp³-hybridized carbons (Fsp3) is 0.250. The number of hydrogen-bond donors (Lipinski definition) is 2. The van der Waals surface area contributed by atoms with Crippen LogP contribution in [0.15, 0.2) is 48.5 Å². The average molecular weight is 269 g/mol. The predicted molar refractivity (Wildman–Crippen MR) is 82.6 cm³/mol. The standard InChI is InChI=1S/C16H20BNO2/c1-13-4-3-5-15(10-13)12-18(2)11-14-6-8-16(9-7-14)17(19)20/h3-10,19-20H,11-12H2,1-2H3. The van der Waals surface area contributed by atoms with Gasteiger partial charge in [0.15, 0.2) is 0 Å². The lowest BCUT2D eigenvalue weighted by Crippen LogP contribution is -2.29. The van der Waals surface area contributed by atoms with Crippen molar-refractivity contribution in [2.24, 2.45) is 0 Å². The molecule has 2 aromatic rings. The maximum Gasteiger partial charge on any atom is 0.488 e. The summed E-state index contributed by atoms with van der Waals surface area (Å²) in [6.07, 6.45) is 0. The Morgan fingerprint density at radius 3 is 2.20 bits per heavy atom. The molecule has 0 bridgehead atoms. The molecule has 0 spiro atoms. The highest BCUT2D eigenvalue weighted by atomic mass is 16.4. The molecule has 2 rings (SSSR count). The average Bonchev–Trinajstić information content (AvgIpc) is 2.39. The van der Waals surface area contributed by atoms with E-state index in [1.165, 1.54) is 11.1 Å². The van der Waals surface area contributed by atoms with Crippen LogP contribution in [0.25, 0.3) is 0 Å². The van der Waals surface area contributed by atoms with Crippen molar-refractivity contribution in [1.82, 2.24) is 4.90 Å². The van der Waals surface area contributed by atoms with Crippen LogP contribution in [0.4, 0.5) is 0 Å². The fourth-order valence-corrected chi connectivity index (χ4v) is 2.28. The first-order chi connectivity index (χ1) is 9.54. The van der Waals surface area contributed by atoms with Crippen molar-refractivity contribution in [3.63, 3.8) is 0 Å². The number of benzene rings is 2. The molecule has 0 amide bonds. The Bertz CT molecular complexity index is 555. The van der Waals surface area contributed by atoms with Gasteiger partial charge < -0.3 is 10.0 Å². The van der Waals surface area contributed by atoms with Gasteiger partial charge in [-0.15, -0.1) is 0 Å². The summed E-state index contributed by atoms with van der Waals surface area (Å²) in [5, 5.41) is 18.1. The lowest BCUT2D eigenvalue weighted by Gasteiger charge is -2.17. The Kier molecular flexibility index (Phi) is 4.96. The van der Waals surface area contributed by atoms with Gasteiger partial charge >= 0.3 is 7.12 Å². The molecule has 0 atom stereocenters. The van der Waals surface area contributed by atoms with Crippen molar-refractivity contribution in [2.75, 3.05) is 7.05 Å². The van der Waals surface area contributed by atoms with Gasteiger partial charge in [-0.2, -0.15) is 0 Å². The Morgan fingerprint density at radius 2 is 1.60 bits per heavy atom. The Morgan fingerprint density at radius 1 is 0.950 bits per heavy atom. The van der Waals surface area contributed by atoms with Crippen LogP contribution in [0, 0.1) is 6.92 Å². The molecule has 0 aliphatic heterocycles. The van der Waals surface area contributed by atoms with Gasteiger partial charge in [-0.1, -0.05) is 54.1 Å². The van der Waals surface area contributed by atoms with E-state index in [2.05, 4.69) is 43.1 Å². The largest absolute Gasteiger partial charge is 0.488 e. The van der Waals surface area contributed by atoms with E-state index in [0.29, 0.717) is 5.46 Å². The van der Waals surface area contributed by atoms with Crippen molar-refractivity contribution >= 4 is 12.6 Å². The zero-order chi connectivity index (χ0) is 14.5. The van der Waals surface area contributed by atoms with Gasteiger partial charge in [0.2, 0.25) is 0 Å². The van der Waals surface area contributed by atoms with E-state index in [0.717, 1.165) is 18.7 Å². The first kappa shape index (κ1) is 14.8. The second-order valence-corrected chi connectivity index (χ2v) is 5.28. The number of nitrogens with zero attached hydrogens (tertiary/aromatic N) is 1. The number of rotatable bonds is 5. The highest BCUT2D eigenvalue weighted by Crippen LogP contribution is 2.09. The maximum atomic E-state index is 9.06. The summed E-state index contributed by atoms with van der Waals surface area (Å²) in [5.41, 5.74) is 4.26. The second kappa shape index (κ2) is 6.70. The SMILES string of the molecule is Cc1cccc(CN(C)Cc2ccc(B(O)O)cc2)c1. The summed E-state index contributed by atoms with van der Waals surface area (Å²) < 4.78 is 0. The quantitative estimate of drug-likeness (QED) is 0.804. The molecule has 0 aliphatic rings. The molecule has 4 heteroatoms. The smallest absolute Gasteiger partial charge is 0.423 e.